The maximum atomic E-state index is 16.1. The highest BCUT2D eigenvalue weighted by Crippen LogP contribution is 2.73. The molecule has 422 valence electrons. The Labute approximate surface area is 458 Å². The number of nitrogens with two attached hydrogens (primary N) is 1. The number of allylic oxidation sites excluding steroid dienone is 4. The van der Waals surface area contributed by atoms with Gasteiger partial charge in [-0.3, -0.25) is 38.9 Å². The number of anilines is 3. The zero-order chi connectivity index (χ0) is 56.8. The highest BCUT2D eigenvalue weighted by atomic mass is 19.1. The molecule has 3 aromatic carbocycles. The van der Waals surface area contributed by atoms with E-state index in [-0.39, 0.29) is 54.7 Å². The van der Waals surface area contributed by atoms with Crippen LogP contribution in [0.4, 0.5) is 26.2 Å². The molecule has 0 aromatic heterocycles. The summed E-state index contributed by atoms with van der Waals surface area (Å²) in [6.45, 7) is 5.34. The predicted molar refractivity (Wildman–Crippen MR) is 291 cm³/mol. The second-order valence-corrected chi connectivity index (χ2v) is 22.4. The lowest BCUT2D eigenvalue weighted by atomic mass is 9.44. The quantitative estimate of drug-likeness (QED) is 0.0606. The number of hydrogen-bond donors (Lipinski definition) is 9. The first-order chi connectivity index (χ1) is 37.7. The molecule has 1 heterocycles. The first-order valence-corrected chi connectivity index (χ1v) is 27.1. The number of Topliss-reactive ketones (excluding diaryl/α,β-unsaturated/α-hetero) is 1. The number of nitrogens with one attached hydrogen (secondary N) is 5. The summed E-state index contributed by atoms with van der Waals surface area (Å²) >= 11 is 0. The topological polar surface area (TPSA) is 296 Å². The summed E-state index contributed by atoms with van der Waals surface area (Å²) < 4.78 is 21.6. The van der Waals surface area contributed by atoms with E-state index in [0.717, 1.165) is 16.8 Å². The number of rotatable bonds is 22. The zero-order valence-corrected chi connectivity index (χ0v) is 44.8. The second-order valence-electron chi connectivity index (χ2n) is 22.4. The van der Waals surface area contributed by atoms with Crippen molar-refractivity contribution in [3.63, 3.8) is 0 Å². The van der Waals surface area contributed by atoms with E-state index in [4.69, 9.17) is 10.5 Å². The molecule has 5 aliphatic rings. The highest BCUT2D eigenvalue weighted by molar-refractivity contribution is 6.01. The van der Waals surface area contributed by atoms with E-state index in [1.807, 2.05) is 49.4 Å². The third-order valence-corrected chi connectivity index (χ3v) is 17.5. The van der Waals surface area contributed by atoms with E-state index in [2.05, 4.69) is 38.4 Å². The monoisotopic (exact) mass is 1090 g/mol. The van der Waals surface area contributed by atoms with E-state index < -0.39 is 95.9 Å². The Bertz CT molecular complexity index is 2880. The lowest BCUT2D eigenvalue weighted by molar-refractivity contribution is -0.160. The van der Waals surface area contributed by atoms with Crippen molar-refractivity contribution in [1.29, 1.82) is 0 Å². The van der Waals surface area contributed by atoms with Crippen molar-refractivity contribution in [2.45, 2.75) is 110 Å². The number of nitrogens with zero attached hydrogens (tertiary/aromatic N) is 1. The number of unbranched alkanes of at least 4 members (excludes halogenated alkanes) is 1. The summed E-state index contributed by atoms with van der Waals surface area (Å²) in [6, 6.07) is 19.6. The van der Waals surface area contributed by atoms with Crippen LogP contribution in [0.25, 0.3) is 0 Å². The van der Waals surface area contributed by atoms with Crippen LogP contribution >= 0.6 is 0 Å². The Kier molecular flexibility index (Phi) is 17.9. The van der Waals surface area contributed by atoms with Gasteiger partial charge in [-0.05, 0) is 152 Å². The minimum Gasteiger partial charge on any atom is -0.481 e. The molecular formula is C59H72FN7O12. The molecule has 0 unspecified atom stereocenters. The lowest BCUT2D eigenvalue weighted by Crippen LogP contribution is -2.61. The normalized spacial score (nSPS) is 27.2. The van der Waals surface area contributed by atoms with Crippen LogP contribution < -0.4 is 37.2 Å². The summed E-state index contributed by atoms with van der Waals surface area (Å²) in [5.74, 6) is -4.83. The van der Waals surface area contributed by atoms with E-state index in [9.17, 15) is 53.7 Å². The third-order valence-electron chi connectivity index (χ3n) is 17.5. The molecular weight excluding hydrogens is 1020 g/mol. The molecule has 19 nitrogen and oxygen atoms in total. The molecule has 3 aromatic rings. The van der Waals surface area contributed by atoms with Gasteiger partial charge in [-0.2, -0.15) is 0 Å². The molecule has 79 heavy (non-hydrogen) atoms. The second kappa shape index (κ2) is 24.4. The van der Waals surface area contributed by atoms with Gasteiger partial charge in [-0.1, -0.05) is 56.3 Å². The summed E-state index contributed by atoms with van der Waals surface area (Å²) in [6.07, 6.45) is 4.34. The van der Waals surface area contributed by atoms with Gasteiger partial charge in [0.05, 0.1) is 18.1 Å². The molecule has 0 bridgehead atoms. The number of fused-ring (bicyclic) bond motifs is 7. The fourth-order valence-corrected chi connectivity index (χ4v) is 13.9. The number of aliphatic hydroxyl groups is 2. The number of carboxylic acid groups (broad SMARTS) is 1. The van der Waals surface area contributed by atoms with Gasteiger partial charge in [0.15, 0.2) is 11.6 Å². The van der Waals surface area contributed by atoms with Gasteiger partial charge in [0.1, 0.15) is 31.5 Å². The Balaban J connectivity index is 0.820. The zero-order valence-electron chi connectivity index (χ0n) is 44.8. The average molecular weight is 1090 g/mol. The van der Waals surface area contributed by atoms with Gasteiger partial charge in [0.2, 0.25) is 23.6 Å². The number of hydrogen-bond acceptors (Lipinski definition) is 13. The van der Waals surface area contributed by atoms with Crippen molar-refractivity contribution < 1.29 is 62.8 Å². The van der Waals surface area contributed by atoms with E-state index in [1.165, 1.54) is 19.1 Å². The summed E-state index contributed by atoms with van der Waals surface area (Å²) in [7, 11) is 0. The average Bonchev–Trinajstić information content (AvgIpc) is 4.17. The van der Waals surface area contributed by atoms with E-state index >= 15 is 4.39 Å². The number of carbonyl (C=O) groups excluding carboxylic acids is 7. The molecule has 11 atom stereocenters. The van der Waals surface area contributed by atoms with Crippen molar-refractivity contribution in [2.24, 2.45) is 45.7 Å². The first kappa shape index (κ1) is 57.9. The Hall–Kier alpha value is -7.29. The number of alkyl halides is 1. The van der Waals surface area contributed by atoms with Crippen LogP contribution in [0.15, 0.2) is 96.6 Å². The van der Waals surface area contributed by atoms with Crippen LogP contribution in [0.3, 0.4) is 0 Å². The summed E-state index contributed by atoms with van der Waals surface area (Å²) in [4.78, 5) is 103. The molecule has 0 radical (unpaired) electrons. The predicted octanol–water partition coefficient (Wildman–Crippen LogP) is 4.88. The number of ketones is 2. The molecule has 4 fully saturated rings. The van der Waals surface area contributed by atoms with Crippen LogP contribution in [0.1, 0.15) is 88.8 Å². The molecule has 1 aliphatic heterocycles. The minimum atomic E-state index is -1.33. The summed E-state index contributed by atoms with van der Waals surface area (Å²) in [5.41, 5.74) is 7.77. The molecule has 10 N–H and O–H groups in total. The van der Waals surface area contributed by atoms with Gasteiger partial charge in [0, 0.05) is 54.8 Å². The number of amides is 5. The largest absolute Gasteiger partial charge is 0.481 e. The number of carboxylic acids is 1. The molecule has 4 aliphatic carbocycles. The van der Waals surface area contributed by atoms with Gasteiger partial charge < -0.3 is 52.0 Å². The lowest BCUT2D eigenvalue weighted by Gasteiger charge is -2.60. The van der Waals surface area contributed by atoms with E-state index in [0.29, 0.717) is 80.7 Å². The minimum absolute atomic E-state index is 0.0554. The third kappa shape index (κ3) is 12.5. The number of aliphatic carboxylic acids is 1. The molecule has 20 heteroatoms. The first-order valence-electron chi connectivity index (χ1n) is 27.1. The van der Waals surface area contributed by atoms with Gasteiger partial charge in [0.25, 0.3) is 0 Å². The molecule has 5 amide bonds. The Morgan fingerprint density at radius 2 is 1.59 bits per heavy atom. The molecule has 0 spiro atoms. The van der Waals surface area contributed by atoms with Crippen LogP contribution in [-0.4, -0.2) is 120 Å². The van der Waals surface area contributed by atoms with Crippen molar-refractivity contribution in [3.8, 4) is 0 Å². The smallest absolute Gasteiger partial charge is 0.411 e. The maximum Gasteiger partial charge on any atom is 0.411 e. The SMILES string of the molecule is CC(=O)N[C@@H](CCCCN)C(=O)NCC(=O)N[C@@H](CCC(=O)O)C(=O)Nc1ccc(COC(=O)Nc2cccc(Cc3ccc(N4C[C@@H]5C[C@H]6[C@@H]7C[C@H](F)C8=CC(=O)C=C[C@]8(C)[C@H]7[C@@H](O)C[C@]6(C)[C@]5(C(=O)CO)C4)cc3)c2)cc1. The molecule has 3 saturated carbocycles. The number of halogens is 1. The van der Waals surface area contributed by atoms with Crippen LogP contribution in [0.2, 0.25) is 0 Å². The highest BCUT2D eigenvalue weighted by Gasteiger charge is 2.74. The number of carbonyl (C=O) groups is 8. The molecule has 1 saturated heterocycles. The maximum absolute atomic E-state index is 16.1. The number of benzene rings is 3. The van der Waals surface area contributed by atoms with Crippen LogP contribution in [-0.2, 0) is 51.3 Å². The Morgan fingerprint density at radius 1 is 0.873 bits per heavy atom. The van der Waals surface area contributed by atoms with Crippen molar-refractivity contribution >= 4 is 64.3 Å². The Morgan fingerprint density at radius 3 is 2.29 bits per heavy atom. The van der Waals surface area contributed by atoms with Crippen LogP contribution in [0.5, 0.6) is 0 Å². The number of aliphatic hydroxyl groups excluding tert-OH is 2. The van der Waals surface area contributed by atoms with E-state index in [1.54, 1.807) is 36.4 Å². The van der Waals surface area contributed by atoms with Crippen LogP contribution in [0, 0.1) is 39.9 Å². The number of ether oxygens (including phenoxy) is 1. The van der Waals surface area contributed by atoms with Gasteiger partial charge in [-0.15, -0.1) is 0 Å². The van der Waals surface area contributed by atoms with Crippen molar-refractivity contribution in [3.05, 3.63) is 113 Å². The van der Waals surface area contributed by atoms with Gasteiger partial charge in [-0.25, -0.2) is 9.18 Å². The standard InChI is InChI=1S/C59H72FN7O12/c1-34(69)63-47(9-4-5-22-61)54(76)62-29-51(73)66-48(18-19-52(74)75)55(77)64-39-14-10-36(11-15-39)32-79-56(78)65-40-8-6-7-37(24-40)23-35-12-16-41(17-13-35)67-30-38-25-44-43-27-46(60)45-26-42(70)20-21-57(45,2)53(43)49(71)28-58(44,3)59(38,33-67)50(72)31-68/h6-8,10-17,20-21,24,26,38,43-44,46-49,53,68,71H,4-5,9,18-19,22-23,25,27-33,61H2,1-3H3,(H,62,76)(H,63,69)(H,64,77)(H,65,78)(H,66,73)(H,74,75)/t38-,43-,44-,46-,47-,48-,49-,53+,57-,58-,59+/m0/s1. The van der Waals surface area contributed by atoms with Crippen molar-refractivity contribution in [1.82, 2.24) is 16.0 Å². The van der Waals surface area contributed by atoms with Crippen molar-refractivity contribution in [2.75, 3.05) is 48.3 Å². The summed E-state index contributed by atoms with van der Waals surface area (Å²) in [5, 5.41) is 44.7. The fraction of sp³-hybridized carbons (Fsp3) is 0.492. The fourth-order valence-electron chi connectivity index (χ4n) is 13.9. The van der Waals surface area contributed by atoms with Gasteiger partial charge >= 0.3 is 12.1 Å². The molecule has 8 rings (SSSR count).